The summed E-state index contributed by atoms with van der Waals surface area (Å²) in [6, 6.07) is 6.29. The van der Waals surface area contributed by atoms with Gasteiger partial charge in [-0.05, 0) is 38.3 Å². The van der Waals surface area contributed by atoms with Gasteiger partial charge in [-0.1, -0.05) is 23.8 Å². The van der Waals surface area contributed by atoms with E-state index in [0.717, 1.165) is 49.9 Å². The number of nitrogens with zero attached hydrogens (tertiary/aromatic N) is 1. The molecular weight excluding hydrogens is 302 g/mol. The lowest BCUT2D eigenvalue weighted by molar-refractivity contribution is 0.153. The lowest BCUT2D eigenvalue weighted by Crippen LogP contribution is -2.37. The zero-order valence-electron chi connectivity index (χ0n) is 15.0. The van der Waals surface area contributed by atoms with E-state index < -0.39 is 0 Å². The van der Waals surface area contributed by atoms with Crippen LogP contribution in [0.15, 0.2) is 34.8 Å². The molecule has 0 saturated heterocycles. The number of nitrogens with one attached hydrogen (secondary N) is 2. The Bertz CT molecular complexity index is 582. The topological polar surface area (TPSA) is 54.9 Å². The maximum Gasteiger partial charge on any atom is 0.191 e. The van der Waals surface area contributed by atoms with Gasteiger partial charge in [0, 0.05) is 25.7 Å². The number of ether oxygens (including phenoxy) is 2. The van der Waals surface area contributed by atoms with Crippen LogP contribution in [0.25, 0.3) is 0 Å². The Kier molecular flexibility index (Phi) is 7.62. The van der Waals surface area contributed by atoms with Crippen molar-refractivity contribution in [2.75, 3.05) is 33.4 Å². The minimum Gasteiger partial charge on any atom is -0.494 e. The van der Waals surface area contributed by atoms with Crippen LogP contribution in [0.2, 0.25) is 0 Å². The fourth-order valence-electron chi connectivity index (χ4n) is 2.63. The predicted octanol–water partition coefficient (Wildman–Crippen LogP) is 2.80. The molecule has 0 atom stereocenters. The van der Waals surface area contributed by atoms with Crippen LogP contribution in [-0.4, -0.2) is 39.4 Å². The summed E-state index contributed by atoms with van der Waals surface area (Å²) in [4.78, 5) is 4.29. The smallest absolute Gasteiger partial charge is 0.191 e. The first kappa shape index (κ1) is 18.3. The zero-order chi connectivity index (χ0) is 17.2. The molecule has 0 amide bonds. The van der Waals surface area contributed by atoms with E-state index >= 15 is 0 Å². The maximum atomic E-state index is 5.72. The largest absolute Gasteiger partial charge is 0.494 e. The molecule has 0 unspecified atom stereocenters. The van der Waals surface area contributed by atoms with Gasteiger partial charge in [-0.2, -0.15) is 0 Å². The Hall–Kier alpha value is -2.01. The number of benzene rings is 1. The second kappa shape index (κ2) is 9.98. The van der Waals surface area contributed by atoms with E-state index in [2.05, 4.69) is 46.8 Å². The molecule has 2 rings (SSSR count). The molecule has 1 aromatic rings. The van der Waals surface area contributed by atoms with Gasteiger partial charge in [0.2, 0.25) is 0 Å². The van der Waals surface area contributed by atoms with Crippen LogP contribution in [-0.2, 0) is 11.3 Å². The lowest BCUT2D eigenvalue weighted by atomic mass is 10.1. The molecule has 24 heavy (non-hydrogen) atoms. The third-order valence-electron chi connectivity index (χ3n) is 3.99. The maximum absolute atomic E-state index is 5.72. The van der Waals surface area contributed by atoms with E-state index in [0.29, 0.717) is 13.2 Å². The highest BCUT2D eigenvalue weighted by Gasteiger charge is 2.06. The van der Waals surface area contributed by atoms with Gasteiger partial charge in [0.15, 0.2) is 5.96 Å². The summed E-state index contributed by atoms with van der Waals surface area (Å²) in [5, 5.41) is 6.72. The third-order valence-corrected chi connectivity index (χ3v) is 3.99. The van der Waals surface area contributed by atoms with Crippen molar-refractivity contribution in [3.05, 3.63) is 41.0 Å². The molecule has 0 radical (unpaired) electrons. The van der Waals surface area contributed by atoms with Crippen LogP contribution in [0.3, 0.4) is 0 Å². The first-order valence-corrected chi connectivity index (χ1v) is 8.65. The number of guanidine groups is 1. The fraction of sp³-hybridized carbons (Fsp3) is 0.526. The average molecular weight is 331 g/mol. The first-order chi connectivity index (χ1) is 11.7. The molecule has 0 spiro atoms. The number of aryl methyl sites for hydroxylation is 1. The summed E-state index contributed by atoms with van der Waals surface area (Å²) in [6.45, 7) is 7.89. The Morgan fingerprint density at radius 1 is 1.33 bits per heavy atom. The Labute approximate surface area is 145 Å². The number of hydrogen-bond donors (Lipinski definition) is 2. The van der Waals surface area contributed by atoms with Crippen molar-refractivity contribution in [3.63, 3.8) is 0 Å². The van der Waals surface area contributed by atoms with E-state index in [4.69, 9.17) is 9.47 Å². The Morgan fingerprint density at radius 3 is 2.92 bits per heavy atom. The standard InChI is InChI=1S/C19H29N3O2/c1-4-24-18-13-15(2)5-6-17(18)14-22-19(20-3)21-10-7-16-8-11-23-12-9-16/h5-6,8,13H,4,7,9-12,14H2,1-3H3,(H2,20,21,22). The van der Waals surface area contributed by atoms with Crippen molar-refractivity contribution in [2.24, 2.45) is 4.99 Å². The summed E-state index contributed by atoms with van der Waals surface area (Å²) in [6.07, 6.45) is 4.25. The summed E-state index contributed by atoms with van der Waals surface area (Å²) < 4.78 is 11.1. The van der Waals surface area contributed by atoms with E-state index in [1.54, 1.807) is 7.05 Å². The minimum atomic E-state index is 0.669. The second-order valence-corrected chi connectivity index (χ2v) is 5.83. The first-order valence-electron chi connectivity index (χ1n) is 8.65. The summed E-state index contributed by atoms with van der Waals surface area (Å²) in [5.74, 6) is 1.75. The van der Waals surface area contributed by atoms with E-state index in [1.807, 2.05) is 6.92 Å². The van der Waals surface area contributed by atoms with Gasteiger partial charge in [-0.3, -0.25) is 4.99 Å². The summed E-state index contributed by atoms with van der Waals surface area (Å²) in [7, 11) is 1.79. The van der Waals surface area contributed by atoms with Gasteiger partial charge >= 0.3 is 0 Å². The van der Waals surface area contributed by atoms with E-state index in [9.17, 15) is 0 Å². The number of hydrogen-bond acceptors (Lipinski definition) is 3. The summed E-state index contributed by atoms with van der Waals surface area (Å²) in [5.41, 5.74) is 3.80. The molecular formula is C19H29N3O2. The molecule has 1 aliphatic heterocycles. The SMILES string of the molecule is CCOc1cc(C)ccc1CNC(=NC)NCCC1=CCOCC1. The third kappa shape index (κ3) is 5.89. The molecule has 0 fully saturated rings. The molecule has 0 aliphatic carbocycles. The fourth-order valence-corrected chi connectivity index (χ4v) is 2.63. The van der Waals surface area contributed by atoms with Crippen molar-refractivity contribution in [1.29, 1.82) is 0 Å². The molecule has 5 heteroatoms. The summed E-state index contributed by atoms with van der Waals surface area (Å²) >= 11 is 0. The molecule has 5 nitrogen and oxygen atoms in total. The number of aliphatic imine (C=N–C) groups is 1. The van der Waals surface area contributed by atoms with Gasteiger partial charge in [0.1, 0.15) is 5.75 Å². The van der Waals surface area contributed by atoms with E-state index in [-0.39, 0.29) is 0 Å². The van der Waals surface area contributed by atoms with Crippen molar-refractivity contribution in [2.45, 2.75) is 33.2 Å². The van der Waals surface area contributed by atoms with Crippen LogP contribution in [0, 0.1) is 6.92 Å². The van der Waals surface area contributed by atoms with Crippen molar-refractivity contribution >= 4 is 5.96 Å². The van der Waals surface area contributed by atoms with Crippen molar-refractivity contribution in [1.82, 2.24) is 10.6 Å². The van der Waals surface area contributed by atoms with Gasteiger partial charge < -0.3 is 20.1 Å². The van der Waals surface area contributed by atoms with Crippen LogP contribution in [0.4, 0.5) is 0 Å². The monoisotopic (exact) mass is 331 g/mol. The normalized spacial score (nSPS) is 15.0. The van der Waals surface area contributed by atoms with Gasteiger partial charge in [-0.25, -0.2) is 0 Å². The molecule has 1 heterocycles. The van der Waals surface area contributed by atoms with Gasteiger partial charge in [0.05, 0.1) is 19.8 Å². The zero-order valence-corrected chi connectivity index (χ0v) is 15.0. The highest BCUT2D eigenvalue weighted by atomic mass is 16.5. The van der Waals surface area contributed by atoms with Crippen molar-refractivity contribution < 1.29 is 9.47 Å². The van der Waals surface area contributed by atoms with Crippen LogP contribution < -0.4 is 15.4 Å². The Balaban J connectivity index is 1.82. The van der Waals surface area contributed by atoms with Gasteiger partial charge in [-0.15, -0.1) is 0 Å². The van der Waals surface area contributed by atoms with Crippen molar-refractivity contribution in [3.8, 4) is 5.75 Å². The quantitative estimate of drug-likeness (QED) is 0.458. The molecule has 0 aromatic heterocycles. The van der Waals surface area contributed by atoms with Crippen LogP contribution >= 0.6 is 0 Å². The average Bonchev–Trinajstić information content (AvgIpc) is 2.60. The molecule has 2 N–H and O–H groups in total. The van der Waals surface area contributed by atoms with E-state index in [1.165, 1.54) is 11.1 Å². The molecule has 0 bridgehead atoms. The predicted molar refractivity (Wildman–Crippen MR) is 98.7 cm³/mol. The Morgan fingerprint density at radius 2 is 2.21 bits per heavy atom. The van der Waals surface area contributed by atoms with Crippen LogP contribution in [0.5, 0.6) is 5.75 Å². The molecule has 1 aliphatic rings. The highest BCUT2D eigenvalue weighted by molar-refractivity contribution is 5.79. The number of rotatable bonds is 7. The highest BCUT2D eigenvalue weighted by Crippen LogP contribution is 2.20. The molecule has 1 aromatic carbocycles. The van der Waals surface area contributed by atoms with Crippen LogP contribution in [0.1, 0.15) is 30.9 Å². The lowest BCUT2D eigenvalue weighted by Gasteiger charge is -2.16. The molecule has 132 valence electrons. The minimum absolute atomic E-state index is 0.669. The second-order valence-electron chi connectivity index (χ2n) is 5.83. The molecule has 0 saturated carbocycles. The van der Waals surface area contributed by atoms with Gasteiger partial charge in [0.25, 0.3) is 0 Å².